The predicted molar refractivity (Wildman–Crippen MR) is 80.5 cm³/mol. The standard InChI is InChI=1S/C15H18BrNO3/c16-11-5-4-6-12(9-11)17-13(18)10-15(14(19)20)7-2-1-3-8-15/h4-6,9H,1-3,7-8,10H2,(H,17,18)(H,19,20). The molecule has 20 heavy (non-hydrogen) atoms. The molecule has 4 nitrogen and oxygen atoms in total. The van der Waals surface area contributed by atoms with E-state index in [4.69, 9.17) is 0 Å². The number of hydrogen-bond donors (Lipinski definition) is 2. The van der Waals surface area contributed by atoms with E-state index in [-0.39, 0.29) is 12.3 Å². The fraction of sp³-hybridized carbons (Fsp3) is 0.467. The average molecular weight is 340 g/mol. The van der Waals surface area contributed by atoms with Crippen LogP contribution in [0.1, 0.15) is 38.5 Å². The highest BCUT2D eigenvalue weighted by Gasteiger charge is 2.41. The van der Waals surface area contributed by atoms with Gasteiger partial charge in [0.05, 0.1) is 5.41 Å². The highest BCUT2D eigenvalue weighted by atomic mass is 79.9. The van der Waals surface area contributed by atoms with Gasteiger partial charge in [0.2, 0.25) is 5.91 Å². The van der Waals surface area contributed by atoms with Crippen LogP contribution in [0.4, 0.5) is 5.69 Å². The molecule has 2 rings (SSSR count). The van der Waals surface area contributed by atoms with Crippen molar-refractivity contribution >= 4 is 33.5 Å². The molecule has 0 spiro atoms. The third kappa shape index (κ3) is 3.60. The van der Waals surface area contributed by atoms with Crippen LogP contribution >= 0.6 is 15.9 Å². The molecule has 0 aliphatic heterocycles. The van der Waals surface area contributed by atoms with Crippen molar-refractivity contribution in [2.45, 2.75) is 38.5 Å². The van der Waals surface area contributed by atoms with Crippen LogP contribution < -0.4 is 5.32 Å². The third-order valence-electron chi connectivity index (χ3n) is 3.87. The number of rotatable bonds is 4. The van der Waals surface area contributed by atoms with E-state index in [0.717, 1.165) is 23.7 Å². The lowest BCUT2D eigenvalue weighted by Gasteiger charge is -2.32. The fourth-order valence-corrected chi connectivity index (χ4v) is 3.17. The zero-order valence-electron chi connectivity index (χ0n) is 11.2. The van der Waals surface area contributed by atoms with Crippen LogP contribution in [0.15, 0.2) is 28.7 Å². The smallest absolute Gasteiger partial charge is 0.310 e. The number of hydrogen-bond acceptors (Lipinski definition) is 2. The van der Waals surface area contributed by atoms with Crippen molar-refractivity contribution in [1.29, 1.82) is 0 Å². The van der Waals surface area contributed by atoms with E-state index in [1.807, 2.05) is 12.1 Å². The minimum absolute atomic E-state index is 0.0504. The Kier molecular flexibility index (Phi) is 4.81. The van der Waals surface area contributed by atoms with Gasteiger partial charge in [-0.25, -0.2) is 0 Å². The molecule has 108 valence electrons. The summed E-state index contributed by atoms with van der Waals surface area (Å²) in [6.07, 6.45) is 4.06. The predicted octanol–water partition coefficient (Wildman–Crippen LogP) is 3.81. The molecule has 0 bridgehead atoms. The van der Waals surface area contributed by atoms with Gasteiger partial charge >= 0.3 is 5.97 Å². The summed E-state index contributed by atoms with van der Waals surface area (Å²) < 4.78 is 0.876. The molecule has 0 atom stereocenters. The summed E-state index contributed by atoms with van der Waals surface area (Å²) in [5.41, 5.74) is -0.199. The number of amides is 1. The monoisotopic (exact) mass is 339 g/mol. The Morgan fingerprint density at radius 3 is 2.55 bits per heavy atom. The van der Waals surface area contributed by atoms with E-state index >= 15 is 0 Å². The van der Waals surface area contributed by atoms with Gasteiger partial charge in [-0.15, -0.1) is 0 Å². The quantitative estimate of drug-likeness (QED) is 0.876. The molecule has 5 heteroatoms. The molecule has 0 radical (unpaired) electrons. The molecular weight excluding hydrogens is 322 g/mol. The van der Waals surface area contributed by atoms with E-state index in [1.165, 1.54) is 0 Å². The van der Waals surface area contributed by atoms with Crippen LogP contribution in [-0.4, -0.2) is 17.0 Å². The molecule has 1 aromatic carbocycles. The SMILES string of the molecule is O=C(CC1(C(=O)O)CCCCC1)Nc1cccc(Br)c1. The van der Waals surface area contributed by atoms with Gasteiger partial charge in [-0.3, -0.25) is 9.59 Å². The Morgan fingerprint density at radius 1 is 1.25 bits per heavy atom. The van der Waals surface area contributed by atoms with Crippen molar-refractivity contribution in [2.24, 2.45) is 5.41 Å². The average Bonchev–Trinajstić information content (AvgIpc) is 2.39. The van der Waals surface area contributed by atoms with Crippen molar-refractivity contribution in [2.75, 3.05) is 5.32 Å². The first-order chi connectivity index (χ1) is 9.52. The Labute approximate surface area is 126 Å². The first-order valence-electron chi connectivity index (χ1n) is 6.81. The van der Waals surface area contributed by atoms with Crippen LogP contribution in [0, 0.1) is 5.41 Å². The van der Waals surface area contributed by atoms with Crippen molar-refractivity contribution < 1.29 is 14.7 Å². The number of carboxylic acid groups (broad SMARTS) is 1. The number of aliphatic carboxylic acids is 1. The van der Waals surface area contributed by atoms with E-state index in [1.54, 1.807) is 12.1 Å². The number of halogens is 1. The lowest BCUT2D eigenvalue weighted by atomic mass is 9.71. The summed E-state index contributed by atoms with van der Waals surface area (Å²) in [5.74, 6) is -1.08. The first-order valence-corrected chi connectivity index (χ1v) is 7.60. The zero-order chi connectivity index (χ0) is 14.6. The molecule has 1 fully saturated rings. The van der Waals surface area contributed by atoms with Gasteiger partial charge in [0, 0.05) is 16.6 Å². The Bertz CT molecular complexity index is 510. The van der Waals surface area contributed by atoms with Crippen LogP contribution in [0.25, 0.3) is 0 Å². The Morgan fingerprint density at radius 2 is 1.95 bits per heavy atom. The Balaban J connectivity index is 2.03. The van der Waals surface area contributed by atoms with Gasteiger partial charge < -0.3 is 10.4 Å². The fourth-order valence-electron chi connectivity index (χ4n) is 2.77. The minimum atomic E-state index is -0.881. The van der Waals surface area contributed by atoms with Crippen LogP contribution in [0.5, 0.6) is 0 Å². The van der Waals surface area contributed by atoms with Gasteiger partial charge in [0.25, 0.3) is 0 Å². The highest BCUT2D eigenvalue weighted by molar-refractivity contribution is 9.10. The lowest BCUT2D eigenvalue weighted by Crippen LogP contribution is -2.37. The van der Waals surface area contributed by atoms with Crippen LogP contribution in [-0.2, 0) is 9.59 Å². The molecule has 2 N–H and O–H groups in total. The second-order valence-corrected chi connectivity index (χ2v) is 6.30. The first kappa shape index (κ1) is 15.0. The maximum Gasteiger partial charge on any atom is 0.310 e. The van der Waals surface area contributed by atoms with E-state index in [0.29, 0.717) is 18.5 Å². The van der Waals surface area contributed by atoms with Crippen molar-refractivity contribution in [1.82, 2.24) is 0 Å². The van der Waals surface area contributed by atoms with Gasteiger partial charge in [-0.2, -0.15) is 0 Å². The zero-order valence-corrected chi connectivity index (χ0v) is 12.8. The summed E-state index contributed by atoms with van der Waals surface area (Å²) in [6.45, 7) is 0. The number of carbonyl (C=O) groups excluding carboxylic acids is 1. The molecule has 0 saturated heterocycles. The molecule has 1 aliphatic rings. The number of benzene rings is 1. The molecule has 0 aromatic heterocycles. The molecule has 0 heterocycles. The summed E-state index contributed by atoms with van der Waals surface area (Å²) in [5, 5.41) is 12.2. The topological polar surface area (TPSA) is 66.4 Å². The molecular formula is C15H18BrNO3. The maximum absolute atomic E-state index is 12.1. The van der Waals surface area contributed by atoms with Gasteiger partial charge in [0.1, 0.15) is 0 Å². The van der Waals surface area contributed by atoms with Crippen LogP contribution in [0.3, 0.4) is 0 Å². The summed E-state index contributed by atoms with van der Waals surface area (Å²) in [6, 6.07) is 7.28. The normalized spacial score (nSPS) is 17.4. The third-order valence-corrected chi connectivity index (χ3v) is 4.36. The molecule has 1 amide bonds. The highest BCUT2D eigenvalue weighted by Crippen LogP contribution is 2.39. The molecule has 0 unspecified atom stereocenters. The van der Waals surface area contributed by atoms with E-state index in [2.05, 4.69) is 21.2 Å². The summed E-state index contributed by atoms with van der Waals surface area (Å²) in [4.78, 5) is 23.6. The summed E-state index contributed by atoms with van der Waals surface area (Å²) in [7, 11) is 0. The minimum Gasteiger partial charge on any atom is -0.481 e. The summed E-state index contributed by atoms with van der Waals surface area (Å²) >= 11 is 3.34. The molecule has 1 saturated carbocycles. The van der Waals surface area contributed by atoms with Gasteiger partial charge in [-0.1, -0.05) is 41.3 Å². The van der Waals surface area contributed by atoms with Crippen molar-refractivity contribution in [3.63, 3.8) is 0 Å². The Hall–Kier alpha value is -1.36. The van der Waals surface area contributed by atoms with Crippen molar-refractivity contribution in [3.8, 4) is 0 Å². The number of anilines is 1. The number of carboxylic acids is 1. The van der Waals surface area contributed by atoms with Gasteiger partial charge in [-0.05, 0) is 31.0 Å². The second kappa shape index (κ2) is 6.39. The second-order valence-electron chi connectivity index (χ2n) is 5.38. The van der Waals surface area contributed by atoms with Gasteiger partial charge in [0.15, 0.2) is 0 Å². The molecule has 1 aliphatic carbocycles. The van der Waals surface area contributed by atoms with Crippen LogP contribution in [0.2, 0.25) is 0 Å². The van der Waals surface area contributed by atoms with Crippen molar-refractivity contribution in [3.05, 3.63) is 28.7 Å². The number of carbonyl (C=O) groups is 2. The van der Waals surface area contributed by atoms with E-state index in [9.17, 15) is 14.7 Å². The largest absolute Gasteiger partial charge is 0.481 e. The molecule has 1 aromatic rings. The number of nitrogens with one attached hydrogen (secondary N) is 1. The maximum atomic E-state index is 12.1. The lowest BCUT2D eigenvalue weighted by molar-refractivity contribution is -0.153. The van der Waals surface area contributed by atoms with E-state index < -0.39 is 11.4 Å².